The zero-order chi connectivity index (χ0) is 11.8. The second kappa shape index (κ2) is 6.61. The Hall–Kier alpha value is -1.84. The van der Waals surface area contributed by atoms with E-state index in [2.05, 4.69) is 15.8 Å². The minimum absolute atomic E-state index is 0.142. The Morgan fingerprint density at radius 3 is 2.62 bits per heavy atom. The van der Waals surface area contributed by atoms with Crippen LogP contribution in [-0.4, -0.2) is 18.2 Å². The van der Waals surface area contributed by atoms with E-state index in [-0.39, 0.29) is 12.5 Å². The largest absolute Gasteiger partial charge is 0.376 e. The normalized spacial score (nSPS) is 11.0. The van der Waals surface area contributed by atoms with Gasteiger partial charge in [-0.25, -0.2) is 5.43 Å². The van der Waals surface area contributed by atoms with Crippen molar-refractivity contribution in [2.24, 2.45) is 5.10 Å². The van der Waals surface area contributed by atoms with Crippen LogP contribution in [-0.2, 0) is 4.79 Å². The van der Waals surface area contributed by atoms with E-state index in [1.807, 2.05) is 44.2 Å². The van der Waals surface area contributed by atoms with Crippen molar-refractivity contribution in [3.63, 3.8) is 0 Å². The minimum Gasteiger partial charge on any atom is -0.376 e. The summed E-state index contributed by atoms with van der Waals surface area (Å²) in [5.41, 5.74) is 4.33. The SMILES string of the molecule is CC/C(C)=N\NC(=O)CNc1ccccc1. The van der Waals surface area contributed by atoms with Crippen molar-refractivity contribution in [1.29, 1.82) is 0 Å². The van der Waals surface area contributed by atoms with Crippen molar-refractivity contribution in [3.05, 3.63) is 30.3 Å². The molecule has 0 aliphatic heterocycles. The van der Waals surface area contributed by atoms with Gasteiger partial charge in [0, 0.05) is 11.4 Å². The van der Waals surface area contributed by atoms with Gasteiger partial charge in [-0.2, -0.15) is 5.10 Å². The number of rotatable bonds is 5. The summed E-state index contributed by atoms with van der Waals surface area (Å²) in [6, 6.07) is 9.58. The summed E-state index contributed by atoms with van der Waals surface area (Å²) < 4.78 is 0. The highest BCUT2D eigenvalue weighted by Gasteiger charge is 1.98. The lowest BCUT2D eigenvalue weighted by Crippen LogP contribution is -2.26. The average Bonchev–Trinajstić information content (AvgIpc) is 2.34. The third kappa shape index (κ3) is 4.59. The molecule has 1 amide bonds. The monoisotopic (exact) mass is 219 g/mol. The fraction of sp³-hybridized carbons (Fsp3) is 0.333. The molecule has 0 radical (unpaired) electrons. The zero-order valence-corrected chi connectivity index (χ0v) is 9.66. The molecule has 4 heteroatoms. The van der Waals surface area contributed by atoms with Crippen molar-refractivity contribution in [2.45, 2.75) is 20.3 Å². The summed E-state index contributed by atoms with van der Waals surface area (Å²) in [7, 11) is 0. The first-order chi connectivity index (χ1) is 7.72. The summed E-state index contributed by atoms with van der Waals surface area (Å²) in [5.74, 6) is -0.142. The van der Waals surface area contributed by atoms with Crippen molar-refractivity contribution in [2.75, 3.05) is 11.9 Å². The second-order valence-electron chi connectivity index (χ2n) is 3.46. The maximum atomic E-state index is 11.4. The molecule has 0 unspecified atom stereocenters. The fourth-order valence-electron chi connectivity index (χ4n) is 1.01. The number of carbonyl (C=O) groups excluding carboxylic acids is 1. The molecule has 0 aliphatic rings. The molecule has 0 aromatic heterocycles. The third-order valence-electron chi connectivity index (χ3n) is 2.11. The molecule has 0 heterocycles. The second-order valence-corrected chi connectivity index (χ2v) is 3.46. The summed E-state index contributed by atoms with van der Waals surface area (Å²) in [5, 5.41) is 6.94. The van der Waals surface area contributed by atoms with Crippen LogP contribution in [0.4, 0.5) is 5.69 Å². The maximum absolute atomic E-state index is 11.4. The highest BCUT2D eigenvalue weighted by Crippen LogP contribution is 2.03. The lowest BCUT2D eigenvalue weighted by molar-refractivity contribution is -0.119. The summed E-state index contributed by atoms with van der Waals surface area (Å²) in [6.45, 7) is 4.10. The molecule has 0 fully saturated rings. The van der Waals surface area contributed by atoms with Crippen LogP contribution < -0.4 is 10.7 Å². The van der Waals surface area contributed by atoms with E-state index in [1.54, 1.807) is 0 Å². The number of hydrogen-bond donors (Lipinski definition) is 2. The van der Waals surface area contributed by atoms with Gasteiger partial charge in [0.05, 0.1) is 6.54 Å². The Kier molecular flexibility index (Phi) is 5.05. The van der Waals surface area contributed by atoms with Crippen molar-refractivity contribution in [1.82, 2.24) is 5.43 Å². The molecule has 1 aromatic carbocycles. The van der Waals surface area contributed by atoms with Crippen molar-refractivity contribution in [3.8, 4) is 0 Å². The fourth-order valence-corrected chi connectivity index (χ4v) is 1.01. The summed E-state index contributed by atoms with van der Waals surface area (Å²) >= 11 is 0. The number of hydrazone groups is 1. The molecule has 16 heavy (non-hydrogen) atoms. The van der Waals surface area contributed by atoms with Crippen molar-refractivity contribution < 1.29 is 4.79 Å². The highest BCUT2D eigenvalue weighted by molar-refractivity contribution is 5.85. The number of nitrogens with one attached hydrogen (secondary N) is 2. The average molecular weight is 219 g/mol. The molecule has 0 atom stereocenters. The summed E-state index contributed by atoms with van der Waals surface area (Å²) in [6.07, 6.45) is 0.840. The smallest absolute Gasteiger partial charge is 0.259 e. The van der Waals surface area contributed by atoms with Crippen LogP contribution in [0.5, 0.6) is 0 Å². The first kappa shape index (κ1) is 12.2. The Labute approximate surface area is 95.7 Å². The quantitative estimate of drug-likeness (QED) is 0.588. The molecule has 1 rings (SSSR count). The van der Waals surface area contributed by atoms with Crippen molar-refractivity contribution >= 4 is 17.3 Å². The Morgan fingerprint density at radius 1 is 1.31 bits per heavy atom. The van der Waals surface area contributed by atoms with Gasteiger partial charge in [-0.15, -0.1) is 0 Å². The van der Waals surface area contributed by atoms with Gasteiger partial charge in [-0.05, 0) is 25.5 Å². The van der Waals surface area contributed by atoms with Crippen LogP contribution in [0, 0.1) is 0 Å². The first-order valence-corrected chi connectivity index (χ1v) is 5.33. The van der Waals surface area contributed by atoms with Gasteiger partial charge < -0.3 is 5.32 Å². The molecular formula is C12H17N3O. The molecule has 86 valence electrons. The molecule has 1 aromatic rings. The lowest BCUT2D eigenvalue weighted by atomic mass is 10.3. The molecule has 0 aliphatic carbocycles. The molecule has 0 bridgehead atoms. The van der Waals surface area contributed by atoms with Gasteiger partial charge in [-0.1, -0.05) is 25.1 Å². The van der Waals surface area contributed by atoms with Crippen LogP contribution in [0.3, 0.4) is 0 Å². The van der Waals surface area contributed by atoms with Gasteiger partial charge >= 0.3 is 0 Å². The molecule has 2 N–H and O–H groups in total. The summed E-state index contributed by atoms with van der Waals surface area (Å²) in [4.78, 5) is 11.4. The van der Waals surface area contributed by atoms with E-state index in [4.69, 9.17) is 0 Å². The number of hydrogen-bond acceptors (Lipinski definition) is 3. The van der Waals surface area contributed by atoms with E-state index in [0.717, 1.165) is 17.8 Å². The predicted molar refractivity (Wildman–Crippen MR) is 66.5 cm³/mol. The number of nitrogens with zero attached hydrogens (tertiary/aromatic N) is 1. The first-order valence-electron chi connectivity index (χ1n) is 5.33. The van der Waals surface area contributed by atoms with Gasteiger partial charge in [0.25, 0.3) is 5.91 Å². The third-order valence-corrected chi connectivity index (χ3v) is 2.11. The molecular weight excluding hydrogens is 202 g/mol. The molecule has 0 saturated carbocycles. The van der Waals surface area contributed by atoms with E-state index in [1.165, 1.54) is 0 Å². The van der Waals surface area contributed by atoms with Gasteiger partial charge in [0.2, 0.25) is 0 Å². The highest BCUT2D eigenvalue weighted by atomic mass is 16.2. The van der Waals surface area contributed by atoms with Crippen LogP contribution in [0.2, 0.25) is 0 Å². The van der Waals surface area contributed by atoms with E-state index in [0.29, 0.717) is 0 Å². The number of anilines is 1. The Balaban J connectivity index is 2.31. The lowest BCUT2D eigenvalue weighted by Gasteiger charge is -2.04. The van der Waals surface area contributed by atoms with Crippen LogP contribution in [0.15, 0.2) is 35.4 Å². The maximum Gasteiger partial charge on any atom is 0.259 e. The standard InChI is InChI=1S/C12H17N3O/c1-3-10(2)14-15-12(16)9-13-11-7-5-4-6-8-11/h4-8,13H,3,9H2,1-2H3,(H,15,16)/b14-10-. The van der Waals surface area contributed by atoms with Crippen LogP contribution >= 0.6 is 0 Å². The Bertz CT molecular complexity index is 360. The minimum atomic E-state index is -0.142. The van der Waals surface area contributed by atoms with Gasteiger partial charge in [0.1, 0.15) is 0 Å². The predicted octanol–water partition coefficient (Wildman–Crippen LogP) is 2.00. The van der Waals surface area contributed by atoms with E-state index >= 15 is 0 Å². The molecule has 4 nitrogen and oxygen atoms in total. The van der Waals surface area contributed by atoms with E-state index in [9.17, 15) is 4.79 Å². The number of amides is 1. The van der Waals surface area contributed by atoms with E-state index < -0.39 is 0 Å². The van der Waals surface area contributed by atoms with Gasteiger partial charge in [-0.3, -0.25) is 4.79 Å². The molecule has 0 saturated heterocycles. The zero-order valence-electron chi connectivity index (χ0n) is 9.66. The Morgan fingerprint density at radius 2 is 2.00 bits per heavy atom. The number of para-hydroxylation sites is 1. The number of carbonyl (C=O) groups is 1. The van der Waals surface area contributed by atoms with Crippen LogP contribution in [0.25, 0.3) is 0 Å². The van der Waals surface area contributed by atoms with Crippen LogP contribution in [0.1, 0.15) is 20.3 Å². The number of benzene rings is 1. The molecule has 0 spiro atoms. The van der Waals surface area contributed by atoms with Gasteiger partial charge in [0.15, 0.2) is 0 Å². The topological polar surface area (TPSA) is 53.5 Å².